The third-order valence-corrected chi connectivity index (χ3v) is 3.94. The summed E-state index contributed by atoms with van der Waals surface area (Å²) in [6.45, 7) is 7.22. The summed E-state index contributed by atoms with van der Waals surface area (Å²) in [6, 6.07) is 0.307. The molecular weight excluding hydrogens is 258 g/mol. The topological polar surface area (TPSA) is 20.3 Å². The van der Waals surface area contributed by atoms with Crippen LogP contribution >= 0.6 is 0 Å². The lowest BCUT2D eigenvalue weighted by Crippen LogP contribution is -2.38. The molecule has 1 rings (SSSR count). The number of rotatable bonds is 11. The van der Waals surface area contributed by atoms with E-state index in [2.05, 4.69) is 45.1 Å². The third kappa shape index (κ3) is 8.08. The van der Waals surface area contributed by atoms with Crippen molar-refractivity contribution in [1.82, 2.24) is 4.90 Å². The van der Waals surface area contributed by atoms with Gasteiger partial charge in [-0.3, -0.25) is 4.79 Å². The highest BCUT2D eigenvalue weighted by Crippen LogP contribution is 2.31. The zero-order valence-electron chi connectivity index (χ0n) is 14.2. The van der Waals surface area contributed by atoms with Gasteiger partial charge < -0.3 is 4.90 Å². The molecule has 21 heavy (non-hydrogen) atoms. The van der Waals surface area contributed by atoms with Crippen LogP contribution in [0.25, 0.3) is 0 Å². The van der Waals surface area contributed by atoms with E-state index < -0.39 is 0 Å². The van der Waals surface area contributed by atoms with Crippen molar-refractivity contribution < 1.29 is 4.79 Å². The normalized spacial score (nSPS) is 15.4. The molecule has 0 radical (unpaired) electrons. The number of hydrogen-bond donors (Lipinski definition) is 0. The molecule has 0 aliphatic heterocycles. The van der Waals surface area contributed by atoms with Crippen LogP contribution in [-0.2, 0) is 4.79 Å². The fraction of sp³-hybridized carbons (Fsp3) is 0.737. The van der Waals surface area contributed by atoms with Crippen molar-refractivity contribution >= 4 is 5.91 Å². The lowest BCUT2D eigenvalue weighted by Gasteiger charge is -2.25. The van der Waals surface area contributed by atoms with Gasteiger partial charge in [0.2, 0.25) is 5.91 Å². The Morgan fingerprint density at radius 3 is 2.24 bits per heavy atom. The standard InChI is InChI=1S/C19H33NO/c1-4-5-6-7-8-9-10-11-12-13-16-20(17(2)3)19(21)18-14-15-18/h8-9,12-13,17-18H,4-7,10-11,14-16H2,1-3H3/b9-8-,13-12+. The van der Waals surface area contributed by atoms with Crippen molar-refractivity contribution in [3.63, 3.8) is 0 Å². The number of unbranched alkanes of at least 4 members (excludes halogenated alkanes) is 4. The molecule has 0 bridgehead atoms. The van der Waals surface area contributed by atoms with Gasteiger partial charge >= 0.3 is 0 Å². The molecule has 1 aliphatic rings. The first-order chi connectivity index (χ1) is 10.2. The predicted octanol–water partition coefficient (Wildman–Crippen LogP) is 5.11. The highest BCUT2D eigenvalue weighted by atomic mass is 16.2. The molecule has 1 fully saturated rings. The van der Waals surface area contributed by atoms with Gasteiger partial charge in [-0.15, -0.1) is 0 Å². The molecule has 0 saturated heterocycles. The lowest BCUT2D eigenvalue weighted by molar-refractivity contribution is -0.133. The second-order valence-corrected chi connectivity index (χ2v) is 6.37. The first-order valence-electron chi connectivity index (χ1n) is 8.77. The van der Waals surface area contributed by atoms with Crippen LogP contribution in [0.2, 0.25) is 0 Å². The Morgan fingerprint density at radius 2 is 1.67 bits per heavy atom. The monoisotopic (exact) mass is 291 g/mol. The second kappa shape index (κ2) is 10.6. The van der Waals surface area contributed by atoms with Crippen molar-refractivity contribution in [2.24, 2.45) is 5.92 Å². The van der Waals surface area contributed by atoms with E-state index in [0.717, 1.165) is 32.2 Å². The van der Waals surface area contributed by atoms with Gasteiger partial charge in [0.05, 0.1) is 0 Å². The van der Waals surface area contributed by atoms with Gasteiger partial charge in [0.25, 0.3) is 0 Å². The van der Waals surface area contributed by atoms with E-state index in [0.29, 0.717) is 17.9 Å². The van der Waals surface area contributed by atoms with Gasteiger partial charge in [-0.05, 0) is 52.4 Å². The van der Waals surface area contributed by atoms with Crippen molar-refractivity contribution in [2.75, 3.05) is 6.54 Å². The molecule has 0 aromatic rings. The van der Waals surface area contributed by atoms with E-state index in [9.17, 15) is 4.79 Å². The molecule has 1 amide bonds. The predicted molar refractivity (Wildman–Crippen MR) is 91.2 cm³/mol. The van der Waals surface area contributed by atoms with Crippen LogP contribution in [0.4, 0.5) is 0 Å². The molecule has 2 heteroatoms. The zero-order valence-corrected chi connectivity index (χ0v) is 14.2. The molecule has 0 unspecified atom stereocenters. The fourth-order valence-electron chi connectivity index (χ4n) is 2.37. The molecule has 1 aliphatic carbocycles. The first-order valence-corrected chi connectivity index (χ1v) is 8.77. The maximum absolute atomic E-state index is 12.1. The van der Waals surface area contributed by atoms with Gasteiger partial charge in [0, 0.05) is 18.5 Å². The van der Waals surface area contributed by atoms with E-state index >= 15 is 0 Å². The third-order valence-electron chi connectivity index (χ3n) is 3.94. The molecule has 0 aromatic carbocycles. The SMILES string of the molecule is CCCCC/C=C\CC/C=C/CN(C(=O)C1CC1)C(C)C. The summed E-state index contributed by atoms with van der Waals surface area (Å²) in [4.78, 5) is 14.1. The average Bonchev–Trinajstić information content (AvgIpc) is 3.28. The molecule has 0 aromatic heterocycles. The Bertz CT molecular complexity index is 339. The number of nitrogens with zero attached hydrogens (tertiary/aromatic N) is 1. The molecule has 2 nitrogen and oxygen atoms in total. The van der Waals surface area contributed by atoms with E-state index in [-0.39, 0.29) is 0 Å². The number of carbonyl (C=O) groups is 1. The summed E-state index contributed by atoms with van der Waals surface area (Å²) < 4.78 is 0. The molecule has 0 atom stereocenters. The zero-order chi connectivity index (χ0) is 15.5. The van der Waals surface area contributed by atoms with Gasteiger partial charge in [-0.2, -0.15) is 0 Å². The number of carbonyl (C=O) groups excluding carboxylic acids is 1. The summed E-state index contributed by atoms with van der Waals surface area (Å²) in [5.41, 5.74) is 0. The van der Waals surface area contributed by atoms with Crippen LogP contribution in [0.5, 0.6) is 0 Å². The minimum atomic E-state index is 0.307. The first kappa shape index (κ1) is 18.0. The van der Waals surface area contributed by atoms with Crippen molar-refractivity contribution in [3.05, 3.63) is 24.3 Å². The average molecular weight is 291 g/mol. The minimum Gasteiger partial charge on any atom is -0.336 e. The summed E-state index contributed by atoms with van der Waals surface area (Å²) in [6.07, 6.45) is 18.5. The molecule has 120 valence electrons. The lowest BCUT2D eigenvalue weighted by atomic mass is 10.2. The smallest absolute Gasteiger partial charge is 0.226 e. The number of hydrogen-bond acceptors (Lipinski definition) is 1. The van der Waals surface area contributed by atoms with Crippen LogP contribution in [0, 0.1) is 5.92 Å². The Kier molecular flexibility index (Phi) is 9.12. The van der Waals surface area contributed by atoms with Crippen LogP contribution < -0.4 is 0 Å². The number of amides is 1. The Morgan fingerprint density at radius 1 is 1.05 bits per heavy atom. The number of allylic oxidation sites excluding steroid dienone is 3. The summed E-state index contributed by atoms with van der Waals surface area (Å²) >= 11 is 0. The maximum Gasteiger partial charge on any atom is 0.226 e. The van der Waals surface area contributed by atoms with Crippen LogP contribution in [-0.4, -0.2) is 23.4 Å². The van der Waals surface area contributed by atoms with Crippen LogP contribution in [0.1, 0.15) is 72.1 Å². The largest absolute Gasteiger partial charge is 0.336 e. The van der Waals surface area contributed by atoms with Gasteiger partial charge in [-0.1, -0.05) is 44.1 Å². The Hall–Kier alpha value is -1.05. The van der Waals surface area contributed by atoms with Gasteiger partial charge in [-0.25, -0.2) is 0 Å². The minimum absolute atomic E-state index is 0.307. The summed E-state index contributed by atoms with van der Waals surface area (Å²) in [5, 5.41) is 0. The van der Waals surface area contributed by atoms with Gasteiger partial charge in [0.15, 0.2) is 0 Å². The maximum atomic E-state index is 12.1. The van der Waals surface area contributed by atoms with E-state index in [1.165, 1.54) is 25.7 Å². The van der Waals surface area contributed by atoms with Crippen molar-refractivity contribution in [3.8, 4) is 0 Å². The van der Waals surface area contributed by atoms with E-state index in [1.54, 1.807) is 0 Å². The van der Waals surface area contributed by atoms with Gasteiger partial charge in [0.1, 0.15) is 0 Å². The molecule has 0 N–H and O–H groups in total. The quantitative estimate of drug-likeness (QED) is 0.383. The molecule has 0 heterocycles. The highest BCUT2D eigenvalue weighted by Gasteiger charge is 2.33. The summed E-state index contributed by atoms with van der Waals surface area (Å²) in [5.74, 6) is 0.678. The second-order valence-electron chi connectivity index (χ2n) is 6.37. The van der Waals surface area contributed by atoms with Crippen molar-refractivity contribution in [2.45, 2.75) is 78.2 Å². The Labute approximate surface area is 131 Å². The Balaban J connectivity index is 2.13. The van der Waals surface area contributed by atoms with Crippen LogP contribution in [0.15, 0.2) is 24.3 Å². The molecular formula is C19H33NO. The van der Waals surface area contributed by atoms with Crippen molar-refractivity contribution in [1.29, 1.82) is 0 Å². The highest BCUT2D eigenvalue weighted by molar-refractivity contribution is 5.81. The van der Waals surface area contributed by atoms with E-state index in [1.807, 2.05) is 4.90 Å². The molecule has 1 saturated carbocycles. The van der Waals surface area contributed by atoms with E-state index in [4.69, 9.17) is 0 Å². The fourth-order valence-corrected chi connectivity index (χ4v) is 2.37. The molecule has 0 spiro atoms. The summed E-state index contributed by atoms with van der Waals surface area (Å²) in [7, 11) is 0. The van der Waals surface area contributed by atoms with Crippen LogP contribution in [0.3, 0.4) is 0 Å².